The van der Waals surface area contributed by atoms with Crippen LogP contribution in [0.4, 0.5) is 5.69 Å². The van der Waals surface area contributed by atoms with Crippen molar-refractivity contribution < 1.29 is 13.2 Å². The van der Waals surface area contributed by atoms with Crippen LogP contribution in [0.2, 0.25) is 0 Å². The molecule has 3 rings (SSSR count). The van der Waals surface area contributed by atoms with E-state index in [-0.39, 0.29) is 5.91 Å². The van der Waals surface area contributed by atoms with Crippen molar-refractivity contribution in [3.05, 3.63) is 29.3 Å². The maximum atomic E-state index is 12.7. The van der Waals surface area contributed by atoms with E-state index in [1.807, 2.05) is 11.0 Å². The molecule has 2 aliphatic heterocycles. The molecule has 0 N–H and O–H groups in total. The van der Waals surface area contributed by atoms with Gasteiger partial charge in [-0.2, -0.15) is 0 Å². The zero-order valence-corrected chi connectivity index (χ0v) is 14.6. The first-order valence-corrected chi connectivity index (χ1v) is 10.1. The number of rotatable bonds is 2. The summed E-state index contributed by atoms with van der Waals surface area (Å²) in [7, 11) is -3.26. The van der Waals surface area contributed by atoms with Gasteiger partial charge in [0.2, 0.25) is 10.0 Å². The number of anilines is 1. The number of carbonyl (C=O) groups is 1. The smallest absolute Gasteiger partial charge is 0.253 e. The maximum absolute atomic E-state index is 12.7. The lowest BCUT2D eigenvalue weighted by Crippen LogP contribution is -2.38. The molecule has 5 nitrogen and oxygen atoms in total. The minimum atomic E-state index is -3.26. The van der Waals surface area contributed by atoms with Gasteiger partial charge >= 0.3 is 0 Å². The predicted molar refractivity (Wildman–Crippen MR) is 91.3 cm³/mol. The van der Waals surface area contributed by atoms with Crippen LogP contribution < -0.4 is 4.31 Å². The van der Waals surface area contributed by atoms with Crippen LogP contribution in [-0.4, -0.2) is 45.1 Å². The third-order valence-corrected chi connectivity index (χ3v) is 6.05. The summed E-state index contributed by atoms with van der Waals surface area (Å²) < 4.78 is 25.2. The number of hydrogen-bond acceptors (Lipinski definition) is 3. The van der Waals surface area contributed by atoms with E-state index in [0.29, 0.717) is 18.0 Å². The fourth-order valence-corrected chi connectivity index (χ4v) is 4.43. The minimum Gasteiger partial charge on any atom is -0.339 e. The fraction of sp³-hybridized carbons (Fsp3) is 0.588. The second kappa shape index (κ2) is 6.15. The number of benzene rings is 1. The lowest BCUT2D eigenvalue weighted by atomic mass is 9.97. The van der Waals surface area contributed by atoms with E-state index in [0.717, 1.165) is 50.0 Å². The van der Waals surface area contributed by atoms with E-state index < -0.39 is 10.0 Å². The Kier molecular flexibility index (Phi) is 4.36. The Morgan fingerprint density at radius 2 is 1.87 bits per heavy atom. The number of hydrogen-bond donors (Lipinski definition) is 0. The molecule has 0 saturated carbocycles. The summed E-state index contributed by atoms with van der Waals surface area (Å²) in [5.74, 6) is 0.752. The normalized spacial score (nSPS) is 19.6. The zero-order valence-electron chi connectivity index (χ0n) is 13.8. The second-order valence-electron chi connectivity index (χ2n) is 6.76. The molecule has 126 valence electrons. The van der Waals surface area contributed by atoms with E-state index in [2.05, 4.69) is 6.92 Å². The van der Waals surface area contributed by atoms with Crippen LogP contribution in [0.3, 0.4) is 0 Å². The van der Waals surface area contributed by atoms with E-state index in [1.54, 1.807) is 12.1 Å². The predicted octanol–water partition coefficient (Wildman–Crippen LogP) is 2.27. The van der Waals surface area contributed by atoms with E-state index in [9.17, 15) is 13.2 Å². The van der Waals surface area contributed by atoms with Crippen LogP contribution in [0, 0.1) is 5.92 Å². The van der Waals surface area contributed by atoms with Crippen molar-refractivity contribution in [2.75, 3.05) is 30.2 Å². The van der Waals surface area contributed by atoms with Gasteiger partial charge in [0.25, 0.3) is 5.91 Å². The van der Waals surface area contributed by atoms with Crippen LogP contribution >= 0.6 is 0 Å². The highest BCUT2D eigenvalue weighted by molar-refractivity contribution is 7.92. The quantitative estimate of drug-likeness (QED) is 0.832. The molecule has 0 atom stereocenters. The molecule has 23 heavy (non-hydrogen) atoms. The summed E-state index contributed by atoms with van der Waals surface area (Å²) in [4.78, 5) is 14.6. The van der Waals surface area contributed by atoms with Gasteiger partial charge in [-0.1, -0.05) is 6.92 Å². The molecule has 1 aromatic carbocycles. The number of amides is 1. The van der Waals surface area contributed by atoms with Crippen molar-refractivity contribution in [3.63, 3.8) is 0 Å². The summed E-state index contributed by atoms with van der Waals surface area (Å²) in [6, 6.07) is 5.44. The Labute approximate surface area is 138 Å². The summed E-state index contributed by atoms with van der Waals surface area (Å²) in [5, 5.41) is 0. The van der Waals surface area contributed by atoms with Gasteiger partial charge in [-0.3, -0.25) is 9.10 Å². The van der Waals surface area contributed by atoms with Gasteiger partial charge in [0, 0.05) is 25.2 Å². The van der Waals surface area contributed by atoms with E-state index in [1.165, 1.54) is 10.6 Å². The average Bonchev–Trinajstić information content (AvgIpc) is 2.53. The van der Waals surface area contributed by atoms with Gasteiger partial charge in [-0.05, 0) is 55.4 Å². The fourth-order valence-electron chi connectivity index (χ4n) is 3.43. The first-order valence-electron chi connectivity index (χ1n) is 8.26. The Morgan fingerprint density at radius 1 is 1.17 bits per heavy atom. The van der Waals surface area contributed by atoms with E-state index >= 15 is 0 Å². The molecule has 2 heterocycles. The highest BCUT2D eigenvalue weighted by Crippen LogP contribution is 2.30. The molecule has 0 spiro atoms. The number of carbonyl (C=O) groups excluding carboxylic acids is 1. The third kappa shape index (κ3) is 3.37. The number of sulfonamides is 1. The maximum Gasteiger partial charge on any atom is 0.253 e. The van der Waals surface area contributed by atoms with Gasteiger partial charge in [0.1, 0.15) is 0 Å². The summed E-state index contributed by atoms with van der Waals surface area (Å²) in [6.45, 7) is 4.36. The monoisotopic (exact) mass is 336 g/mol. The molecule has 0 radical (unpaired) electrons. The lowest BCUT2D eigenvalue weighted by molar-refractivity contribution is 0.0697. The highest BCUT2D eigenvalue weighted by Gasteiger charge is 2.26. The van der Waals surface area contributed by atoms with Crippen LogP contribution in [0.15, 0.2) is 18.2 Å². The van der Waals surface area contributed by atoms with Gasteiger partial charge in [0.15, 0.2) is 0 Å². The molecule has 1 amide bonds. The molecule has 1 saturated heterocycles. The summed E-state index contributed by atoms with van der Waals surface area (Å²) >= 11 is 0. The van der Waals surface area contributed by atoms with Crippen molar-refractivity contribution in [1.29, 1.82) is 0 Å². The van der Waals surface area contributed by atoms with Crippen LogP contribution in [0.1, 0.15) is 42.1 Å². The number of fused-ring (bicyclic) bond motifs is 1. The molecule has 0 unspecified atom stereocenters. The summed E-state index contributed by atoms with van der Waals surface area (Å²) in [6.07, 6.45) is 4.95. The van der Waals surface area contributed by atoms with Crippen molar-refractivity contribution in [2.45, 2.75) is 32.6 Å². The SMILES string of the molecule is CC1CCN(C(=O)c2ccc3c(c2)CCCN3S(C)(=O)=O)CC1. The second-order valence-corrected chi connectivity index (χ2v) is 8.66. The van der Waals surface area contributed by atoms with E-state index in [4.69, 9.17) is 0 Å². The van der Waals surface area contributed by atoms with Crippen molar-refractivity contribution in [1.82, 2.24) is 4.90 Å². The molecule has 0 aliphatic carbocycles. The van der Waals surface area contributed by atoms with Gasteiger partial charge in [-0.25, -0.2) is 8.42 Å². The molecule has 1 aromatic rings. The Balaban J connectivity index is 1.85. The highest BCUT2D eigenvalue weighted by atomic mass is 32.2. The zero-order chi connectivity index (χ0) is 16.6. The van der Waals surface area contributed by atoms with Crippen molar-refractivity contribution in [2.24, 2.45) is 5.92 Å². The Hall–Kier alpha value is -1.56. The lowest BCUT2D eigenvalue weighted by Gasteiger charge is -2.32. The molecular formula is C17H24N2O3S. The van der Waals surface area contributed by atoms with Gasteiger partial charge in [0.05, 0.1) is 11.9 Å². The number of likely N-dealkylation sites (tertiary alicyclic amines) is 1. The molecule has 6 heteroatoms. The first-order chi connectivity index (χ1) is 10.9. The number of aryl methyl sites for hydroxylation is 1. The largest absolute Gasteiger partial charge is 0.339 e. The van der Waals surface area contributed by atoms with Crippen molar-refractivity contribution >= 4 is 21.6 Å². The standard InChI is InChI=1S/C17H24N2O3S/c1-13-7-10-18(11-8-13)17(20)15-5-6-16-14(12-15)4-3-9-19(16)23(2,21)22/h5-6,12-13H,3-4,7-11H2,1-2H3. The molecule has 0 bridgehead atoms. The topological polar surface area (TPSA) is 57.7 Å². The van der Waals surface area contributed by atoms with Crippen molar-refractivity contribution in [3.8, 4) is 0 Å². The van der Waals surface area contributed by atoms with Gasteiger partial charge in [-0.15, -0.1) is 0 Å². The number of nitrogens with zero attached hydrogens (tertiary/aromatic N) is 2. The van der Waals surface area contributed by atoms with Crippen LogP contribution in [0.25, 0.3) is 0 Å². The number of piperidine rings is 1. The molecule has 1 fully saturated rings. The van der Waals surface area contributed by atoms with Crippen LogP contribution in [-0.2, 0) is 16.4 Å². The molecular weight excluding hydrogens is 312 g/mol. The summed E-state index contributed by atoms with van der Waals surface area (Å²) in [5.41, 5.74) is 2.36. The minimum absolute atomic E-state index is 0.0659. The molecule has 0 aromatic heterocycles. The Morgan fingerprint density at radius 3 is 2.52 bits per heavy atom. The van der Waals surface area contributed by atoms with Crippen LogP contribution in [0.5, 0.6) is 0 Å². The third-order valence-electron chi connectivity index (χ3n) is 4.87. The first kappa shape index (κ1) is 16.3. The van der Waals surface area contributed by atoms with Gasteiger partial charge < -0.3 is 4.90 Å². The average molecular weight is 336 g/mol. The Bertz CT molecular complexity index is 707. The molecule has 2 aliphatic rings.